The number of piperidine rings is 1. The average molecular weight is 312 g/mol. The zero-order valence-corrected chi connectivity index (χ0v) is 15.2. The van der Waals surface area contributed by atoms with Crippen LogP contribution in [0.2, 0.25) is 0 Å². The van der Waals surface area contributed by atoms with Crippen LogP contribution < -0.4 is 5.32 Å². The van der Waals surface area contributed by atoms with E-state index in [4.69, 9.17) is 4.74 Å². The summed E-state index contributed by atoms with van der Waals surface area (Å²) in [7, 11) is 0. The molecule has 0 aromatic carbocycles. The van der Waals surface area contributed by atoms with E-state index in [9.17, 15) is 9.59 Å². The largest absolute Gasteiger partial charge is 0.444 e. The van der Waals surface area contributed by atoms with Gasteiger partial charge >= 0.3 is 6.09 Å². The van der Waals surface area contributed by atoms with E-state index in [0.29, 0.717) is 5.41 Å². The summed E-state index contributed by atoms with van der Waals surface area (Å²) in [4.78, 5) is 26.5. The van der Waals surface area contributed by atoms with Crippen LogP contribution in [0.5, 0.6) is 0 Å². The Morgan fingerprint density at radius 1 is 1.14 bits per heavy atom. The number of likely N-dealkylation sites (tertiary alicyclic amines) is 1. The topological polar surface area (TPSA) is 58.6 Å². The van der Waals surface area contributed by atoms with Crippen LogP contribution in [0.3, 0.4) is 0 Å². The lowest BCUT2D eigenvalue weighted by Crippen LogP contribution is -2.54. The lowest BCUT2D eigenvalue weighted by molar-refractivity contribution is -0.136. The van der Waals surface area contributed by atoms with Gasteiger partial charge in [0.15, 0.2) is 0 Å². The van der Waals surface area contributed by atoms with E-state index in [1.165, 1.54) is 0 Å². The van der Waals surface area contributed by atoms with Crippen LogP contribution in [0.1, 0.15) is 61.3 Å². The number of amides is 2. The normalized spacial score (nSPS) is 19.7. The van der Waals surface area contributed by atoms with Gasteiger partial charge in [-0.3, -0.25) is 4.79 Å². The zero-order valence-electron chi connectivity index (χ0n) is 15.2. The van der Waals surface area contributed by atoms with Crippen molar-refractivity contribution in [1.82, 2.24) is 10.2 Å². The molecule has 0 unspecified atom stereocenters. The highest BCUT2D eigenvalue weighted by Gasteiger charge is 2.34. The highest BCUT2D eigenvalue weighted by atomic mass is 16.6. The van der Waals surface area contributed by atoms with Crippen molar-refractivity contribution in [3.63, 3.8) is 0 Å². The van der Waals surface area contributed by atoms with Gasteiger partial charge in [-0.2, -0.15) is 0 Å². The van der Waals surface area contributed by atoms with E-state index in [2.05, 4.69) is 19.2 Å². The smallest absolute Gasteiger partial charge is 0.408 e. The fourth-order valence-corrected chi connectivity index (χ4v) is 2.48. The Hall–Kier alpha value is -1.26. The molecule has 1 aliphatic heterocycles. The molecule has 5 nitrogen and oxygen atoms in total. The Morgan fingerprint density at radius 3 is 2.05 bits per heavy atom. The summed E-state index contributed by atoms with van der Waals surface area (Å²) in [5.74, 6) is 0.0197. The Balaban J connectivity index is 2.67. The molecule has 0 aromatic heterocycles. The van der Waals surface area contributed by atoms with Crippen LogP contribution in [-0.2, 0) is 9.53 Å². The third-order valence-electron chi connectivity index (χ3n) is 4.03. The van der Waals surface area contributed by atoms with Crippen molar-refractivity contribution in [2.45, 2.75) is 73.0 Å². The van der Waals surface area contributed by atoms with Gasteiger partial charge in [0, 0.05) is 13.1 Å². The number of nitrogens with zero attached hydrogens (tertiary/aromatic N) is 1. The molecule has 0 spiro atoms. The van der Waals surface area contributed by atoms with Gasteiger partial charge in [-0.05, 0) is 44.9 Å². The van der Waals surface area contributed by atoms with Gasteiger partial charge < -0.3 is 15.0 Å². The Kier molecular flexibility index (Phi) is 5.88. The van der Waals surface area contributed by atoms with E-state index in [1.54, 1.807) is 0 Å². The van der Waals surface area contributed by atoms with Gasteiger partial charge in [-0.25, -0.2) is 4.79 Å². The summed E-state index contributed by atoms with van der Waals surface area (Å²) in [6.45, 7) is 15.3. The molecule has 1 heterocycles. The van der Waals surface area contributed by atoms with E-state index < -0.39 is 17.7 Å². The van der Waals surface area contributed by atoms with Crippen molar-refractivity contribution in [1.29, 1.82) is 0 Å². The molecule has 1 fully saturated rings. The summed E-state index contributed by atoms with van der Waals surface area (Å²) in [5.41, 5.74) is -0.271. The number of hydrogen-bond donors (Lipinski definition) is 1. The minimum Gasteiger partial charge on any atom is -0.444 e. The number of hydrogen-bond acceptors (Lipinski definition) is 3. The first-order valence-electron chi connectivity index (χ1n) is 8.20. The molecular weight excluding hydrogens is 280 g/mol. The Labute approximate surface area is 134 Å². The van der Waals surface area contributed by atoms with Crippen molar-refractivity contribution in [2.75, 3.05) is 13.1 Å². The monoisotopic (exact) mass is 312 g/mol. The minimum absolute atomic E-state index is 0.00337. The van der Waals surface area contributed by atoms with Crippen LogP contribution >= 0.6 is 0 Å². The van der Waals surface area contributed by atoms with Crippen LogP contribution in [0, 0.1) is 11.3 Å². The molecule has 1 N–H and O–H groups in total. The molecular formula is C17H32N2O3. The highest BCUT2D eigenvalue weighted by Crippen LogP contribution is 2.30. The third-order valence-corrected chi connectivity index (χ3v) is 4.03. The minimum atomic E-state index is -0.566. The maximum absolute atomic E-state index is 12.7. The first-order valence-corrected chi connectivity index (χ1v) is 8.20. The van der Waals surface area contributed by atoms with Crippen molar-refractivity contribution in [3.05, 3.63) is 0 Å². The van der Waals surface area contributed by atoms with Crippen molar-refractivity contribution < 1.29 is 14.3 Å². The molecule has 0 radical (unpaired) electrons. The van der Waals surface area contributed by atoms with E-state index in [-0.39, 0.29) is 11.8 Å². The van der Waals surface area contributed by atoms with Gasteiger partial charge in [0.05, 0.1) is 0 Å². The molecule has 2 amide bonds. The average Bonchev–Trinajstić information content (AvgIpc) is 2.32. The molecule has 128 valence electrons. The van der Waals surface area contributed by atoms with Crippen molar-refractivity contribution in [2.24, 2.45) is 11.3 Å². The third kappa shape index (κ3) is 5.85. The summed E-state index contributed by atoms with van der Waals surface area (Å²) in [6, 6.07) is -0.531. The molecule has 0 aliphatic carbocycles. The first kappa shape index (κ1) is 18.8. The van der Waals surface area contributed by atoms with Gasteiger partial charge in [0.2, 0.25) is 5.91 Å². The number of carbonyl (C=O) groups is 2. The zero-order chi connectivity index (χ0) is 17.1. The first-order chi connectivity index (χ1) is 9.91. The molecule has 0 saturated carbocycles. The van der Waals surface area contributed by atoms with Crippen LogP contribution in [0.25, 0.3) is 0 Å². The SMILES string of the molecule is CC(C)[C@H](NC(=O)OC(C)(C)C)C(=O)N1CCC(C)(C)CC1. The van der Waals surface area contributed by atoms with Crippen LogP contribution in [0.15, 0.2) is 0 Å². The predicted octanol–water partition coefficient (Wildman–Crippen LogP) is 3.18. The number of alkyl carbamates (subject to hydrolysis) is 1. The molecule has 0 aromatic rings. The van der Waals surface area contributed by atoms with Gasteiger partial charge in [0.25, 0.3) is 0 Å². The lowest BCUT2D eigenvalue weighted by Gasteiger charge is -2.39. The van der Waals surface area contributed by atoms with Crippen LogP contribution in [0.4, 0.5) is 4.79 Å². The summed E-state index contributed by atoms with van der Waals surface area (Å²) < 4.78 is 5.27. The second-order valence-electron chi connectivity index (χ2n) is 8.36. The van der Waals surface area contributed by atoms with Crippen molar-refractivity contribution >= 4 is 12.0 Å². The lowest BCUT2D eigenvalue weighted by atomic mass is 9.82. The maximum atomic E-state index is 12.7. The second kappa shape index (κ2) is 6.88. The quantitative estimate of drug-likeness (QED) is 0.870. The Bertz CT molecular complexity index is 401. The summed E-state index contributed by atoms with van der Waals surface area (Å²) >= 11 is 0. The summed E-state index contributed by atoms with van der Waals surface area (Å²) in [6.07, 6.45) is 1.46. The number of ether oxygens (including phenoxy) is 1. The van der Waals surface area contributed by atoms with E-state index in [1.807, 2.05) is 39.5 Å². The highest BCUT2D eigenvalue weighted by molar-refractivity contribution is 5.86. The molecule has 0 bridgehead atoms. The molecule has 5 heteroatoms. The molecule has 22 heavy (non-hydrogen) atoms. The van der Waals surface area contributed by atoms with Crippen LogP contribution in [-0.4, -0.2) is 41.6 Å². The fraction of sp³-hybridized carbons (Fsp3) is 0.882. The second-order valence-corrected chi connectivity index (χ2v) is 8.36. The van der Waals surface area contributed by atoms with Gasteiger partial charge in [-0.15, -0.1) is 0 Å². The molecule has 1 rings (SSSR count). The number of rotatable bonds is 3. The van der Waals surface area contributed by atoms with Gasteiger partial charge in [0.1, 0.15) is 11.6 Å². The molecule has 1 aliphatic rings. The standard InChI is InChI=1S/C17H32N2O3/c1-12(2)13(18-15(21)22-16(3,4)5)14(20)19-10-8-17(6,7)9-11-19/h12-13H,8-11H2,1-7H3,(H,18,21)/t13-/m0/s1. The number of nitrogens with one attached hydrogen (secondary N) is 1. The molecule has 1 atom stereocenters. The summed E-state index contributed by atoms with van der Waals surface area (Å²) in [5, 5.41) is 2.74. The Morgan fingerprint density at radius 2 is 1.64 bits per heavy atom. The predicted molar refractivity (Wildman–Crippen MR) is 87.6 cm³/mol. The van der Waals surface area contributed by atoms with E-state index >= 15 is 0 Å². The fourth-order valence-electron chi connectivity index (χ4n) is 2.48. The van der Waals surface area contributed by atoms with Crippen molar-refractivity contribution in [3.8, 4) is 0 Å². The molecule has 1 saturated heterocycles. The maximum Gasteiger partial charge on any atom is 0.408 e. The number of carbonyl (C=O) groups excluding carboxylic acids is 2. The van der Waals surface area contributed by atoms with Gasteiger partial charge in [-0.1, -0.05) is 27.7 Å². The van der Waals surface area contributed by atoms with E-state index in [0.717, 1.165) is 25.9 Å².